The van der Waals surface area contributed by atoms with Crippen molar-refractivity contribution < 1.29 is 4.79 Å². The molecule has 1 aromatic heterocycles. The highest BCUT2D eigenvalue weighted by atomic mass is 127. The Balaban J connectivity index is 0.00000112. The Hall–Kier alpha value is 0.150. The van der Waals surface area contributed by atoms with Crippen molar-refractivity contribution in [1.82, 2.24) is 4.90 Å². The summed E-state index contributed by atoms with van der Waals surface area (Å²) in [6.45, 7) is 1.50. The topological polar surface area (TPSA) is 46.3 Å². The zero-order valence-electron chi connectivity index (χ0n) is 7.98. The lowest BCUT2D eigenvalue weighted by Gasteiger charge is -2.14. The SMILES string of the molecule is Cl.N[C@@H]1CCN(C(=O)c2csc(I)c2)C1. The minimum atomic E-state index is 0. The molecule has 3 nitrogen and oxygen atoms in total. The number of thiophene rings is 1. The zero-order chi connectivity index (χ0) is 10.1. The number of amides is 1. The third-order valence-corrected chi connectivity index (χ3v) is 4.12. The molecule has 2 heterocycles. The molecule has 1 atom stereocenters. The zero-order valence-corrected chi connectivity index (χ0v) is 11.8. The van der Waals surface area contributed by atoms with E-state index in [0.717, 1.165) is 21.4 Å². The highest BCUT2D eigenvalue weighted by molar-refractivity contribution is 14.1. The summed E-state index contributed by atoms with van der Waals surface area (Å²) in [5, 5.41) is 1.91. The van der Waals surface area contributed by atoms with Crippen LogP contribution in [-0.2, 0) is 0 Å². The molecule has 1 aromatic rings. The van der Waals surface area contributed by atoms with Gasteiger partial charge in [0.25, 0.3) is 5.91 Å². The van der Waals surface area contributed by atoms with Gasteiger partial charge in [-0.3, -0.25) is 4.79 Å². The maximum absolute atomic E-state index is 11.9. The molecule has 1 fully saturated rings. The highest BCUT2D eigenvalue weighted by Gasteiger charge is 2.24. The molecule has 2 N–H and O–H groups in total. The van der Waals surface area contributed by atoms with Crippen molar-refractivity contribution in [3.8, 4) is 0 Å². The molecule has 0 bridgehead atoms. The smallest absolute Gasteiger partial charge is 0.254 e. The number of carbonyl (C=O) groups excluding carboxylic acids is 1. The summed E-state index contributed by atoms with van der Waals surface area (Å²) in [4.78, 5) is 13.7. The fourth-order valence-electron chi connectivity index (χ4n) is 1.58. The van der Waals surface area contributed by atoms with Crippen LogP contribution in [0.4, 0.5) is 0 Å². The Bertz CT molecular complexity index is 358. The second kappa shape index (κ2) is 5.47. The number of likely N-dealkylation sites (tertiary alicyclic amines) is 1. The van der Waals surface area contributed by atoms with E-state index in [1.54, 1.807) is 11.3 Å². The number of halogens is 2. The Morgan fingerprint density at radius 2 is 2.40 bits per heavy atom. The Morgan fingerprint density at radius 1 is 1.67 bits per heavy atom. The van der Waals surface area contributed by atoms with Gasteiger partial charge in [-0.25, -0.2) is 0 Å². The Kier molecular flexibility index (Phi) is 4.82. The number of nitrogens with zero attached hydrogens (tertiary/aromatic N) is 1. The maximum atomic E-state index is 11.9. The molecular weight excluding hydrogens is 347 g/mol. The summed E-state index contributed by atoms with van der Waals surface area (Å²) >= 11 is 3.82. The highest BCUT2D eigenvalue weighted by Crippen LogP contribution is 2.19. The van der Waals surface area contributed by atoms with E-state index in [4.69, 9.17) is 5.73 Å². The first-order valence-corrected chi connectivity index (χ1v) is 6.41. The third-order valence-electron chi connectivity index (χ3n) is 2.33. The van der Waals surface area contributed by atoms with Crippen LogP contribution < -0.4 is 5.73 Å². The largest absolute Gasteiger partial charge is 0.337 e. The van der Waals surface area contributed by atoms with E-state index < -0.39 is 0 Å². The maximum Gasteiger partial charge on any atom is 0.254 e. The van der Waals surface area contributed by atoms with Gasteiger partial charge in [0.1, 0.15) is 0 Å². The van der Waals surface area contributed by atoms with E-state index >= 15 is 0 Å². The predicted octanol–water partition coefficient (Wildman–Crippen LogP) is 1.95. The van der Waals surface area contributed by atoms with E-state index in [1.165, 1.54) is 0 Å². The van der Waals surface area contributed by atoms with Crippen molar-refractivity contribution in [1.29, 1.82) is 0 Å². The van der Waals surface area contributed by atoms with Crippen molar-refractivity contribution in [3.05, 3.63) is 19.9 Å². The average molecular weight is 359 g/mol. The first-order chi connectivity index (χ1) is 6.66. The lowest BCUT2D eigenvalue weighted by atomic mass is 10.3. The summed E-state index contributed by atoms with van der Waals surface area (Å²) in [6, 6.07) is 2.09. The molecule has 0 unspecified atom stereocenters. The molecule has 1 amide bonds. The van der Waals surface area contributed by atoms with Crippen molar-refractivity contribution in [2.45, 2.75) is 12.5 Å². The first kappa shape index (κ1) is 13.2. The minimum Gasteiger partial charge on any atom is -0.337 e. The third kappa shape index (κ3) is 3.05. The summed E-state index contributed by atoms with van der Waals surface area (Å²) in [5.74, 6) is 0.122. The lowest BCUT2D eigenvalue weighted by Crippen LogP contribution is -2.31. The van der Waals surface area contributed by atoms with Crippen LogP contribution in [0.1, 0.15) is 16.8 Å². The van der Waals surface area contributed by atoms with Gasteiger partial charge in [-0.1, -0.05) is 0 Å². The molecular formula is C9H12ClIN2OS. The molecule has 2 rings (SSSR count). The van der Waals surface area contributed by atoms with Gasteiger partial charge in [-0.15, -0.1) is 23.7 Å². The van der Waals surface area contributed by atoms with Gasteiger partial charge < -0.3 is 10.6 Å². The van der Waals surface area contributed by atoms with E-state index in [1.807, 2.05) is 16.3 Å². The summed E-state index contributed by atoms with van der Waals surface area (Å²) in [7, 11) is 0. The quantitative estimate of drug-likeness (QED) is 0.780. The molecule has 0 radical (unpaired) electrons. The summed E-state index contributed by atoms with van der Waals surface area (Å²) < 4.78 is 1.15. The minimum absolute atomic E-state index is 0. The van der Waals surface area contributed by atoms with Gasteiger partial charge in [-0.05, 0) is 35.1 Å². The van der Waals surface area contributed by atoms with Gasteiger partial charge in [0.05, 0.1) is 8.45 Å². The first-order valence-electron chi connectivity index (χ1n) is 4.45. The summed E-state index contributed by atoms with van der Waals surface area (Å²) in [5.41, 5.74) is 6.55. The standard InChI is InChI=1S/C9H11IN2OS.ClH/c10-8-3-6(5-14-8)9(13)12-2-1-7(11)4-12;/h3,5,7H,1-2,4,11H2;1H/t7-;/m1./s1. The molecule has 0 aromatic carbocycles. The van der Waals surface area contributed by atoms with Crippen LogP contribution in [0.15, 0.2) is 11.4 Å². The fraction of sp³-hybridized carbons (Fsp3) is 0.444. The number of hydrogen-bond donors (Lipinski definition) is 1. The van der Waals surface area contributed by atoms with Gasteiger partial charge in [0.2, 0.25) is 0 Å². The molecule has 1 aliphatic rings. The van der Waals surface area contributed by atoms with Gasteiger partial charge >= 0.3 is 0 Å². The fourth-order valence-corrected chi connectivity index (χ4v) is 2.90. The number of nitrogens with two attached hydrogens (primary N) is 1. The Morgan fingerprint density at radius 3 is 2.87 bits per heavy atom. The summed E-state index contributed by atoms with van der Waals surface area (Å²) in [6.07, 6.45) is 0.924. The molecule has 0 saturated carbocycles. The molecule has 1 aliphatic heterocycles. The average Bonchev–Trinajstić information content (AvgIpc) is 2.73. The van der Waals surface area contributed by atoms with Crippen molar-refractivity contribution in [2.24, 2.45) is 5.73 Å². The van der Waals surface area contributed by atoms with Crippen molar-refractivity contribution in [2.75, 3.05) is 13.1 Å². The Labute approximate surface area is 113 Å². The second-order valence-electron chi connectivity index (χ2n) is 3.44. The van der Waals surface area contributed by atoms with Gasteiger partial charge in [0, 0.05) is 24.5 Å². The van der Waals surface area contributed by atoms with E-state index in [9.17, 15) is 4.79 Å². The monoisotopic (exact) mass is 358 g/mol. The predicted molar refractivity (Wildman–Crippen MR) is 72.8 cm³/mol. The van der Waals surface area contributed by atoms with Crippen LogP contribution in [0.25, 0.3) is 0 Å². The van der Waals surface area contributed by atoms with Crippen LogP contribution >= 0.6 is 46.3 Å². The van der Waals surface area contributed by atoms with Crippen LogP contribution in [0.2, 0.25) is 0 Å². The molecule has 1 saturated heterocycles. The molecule has 0 spiro atoms. The van der Waals surface area contributed by atoms with Crippen LogP contribution in [0.3, 0.4) is 0 Å². The molecule has 6 heteroatoms. The number of rotatable bonds is 1. The van der Waals surface area contributed by atoms with E-state index in [2.05, 4.69) is 22.6 Å². The van der Waals surface area contributed by atoms with Gasteiger partial charge in [0.15, 0.2) is 0 Å². The van der Waals surface area contributed by atoms with Gasteiger partial charge in [-0.2, -0.15) is 0 Å². The number of carbonyl (C=O) groups is 1. The number of hydrogen-bond acceptors (Lipinski definition) is 3. The van der Waals surface area contributed by atoms with Crippen molar-refractivity contribution in [3.63, 3.8) is 0 Å². The van der Waals surface area contributed by atoms with E-state index in [-0.39, 0.29) is 24.4 Å². The van der Waals surface area contributed by atoms with Crippen LogP contribution in [0.5, 0.6) is 0 Å². The van der Waals surface area contributed by atoms with Crippen LogP contribution in [-0.4, -0.2) is 29.9 Å². The normalized spacial score (nSPS) is 20.1. The lowest BCUT2D eigenvalue weighted by molar-refractivity contribution is 0.0791. The van der Waals surface area contributed by atoms with Crippen molar-refractivity contribution >= 4 is 52.2 Å². The molecule has 15 heavy (non-hydrogen) atoms. The molecule has 0 aliphatic carbocycles. The van der Waals surface area contributed by atoms with E-state index in [0.29, 0.717) is 6.54 Å². The second-order valence-corrected chi connectivity index (χ2v) is 6.24. The molecule has 84 valence electrons. The van der Waals surface area contributed by atoms with Crippen LogP contribution in [0, 0.1) is 2.88 Å².